The first-order valence-corrected chi connectivity index (χ1v) is 7.16. The Labute approximate surface area is 145 Å². The number of nitrogens with one attached hydrogen (secondary N) is 3. The highest BCUT2D eigenvalue weighted by Gasteiger charge is 2.24. The summed E-state index contributed by atoms with van der Waals surface area (Å²) in [7, 11) is 1.70. The fourth-order valence-corrected chi connectivity index (χ4v) is 1.68. The van der Waals surface area contributed by atoms with Gasteiger partial charge in [0.05, 0.1) is 6.10 Å². The molecular formula is C14H31IN4O2. The Morgan fingerprint density at radius 1 is 1.14 bits per heavy atom. The van der Waals surface area contributed by atoms with Crippen LogP contribution in [0.1, 0.15) is 34.6 Å². The molecule has 126 valence electrons. The van der Waals surface area contributed by atoms with Crippen molar-refractivity contribution < 1.29 is 9.53 Å². The van der Waals surface area contributed by atoms with Crippen LogP contribution in [0.5, 0.6) is 0 Å². The fourth-order valence-electron chi connectivity index (χ4n) is 1.68. The monoisotopic (exact) mass is 414 g/mol. The number of ether oxygens (including phenoxy) is 1. The fraction of sp³-hybridized carbons (Fsp3) is 0.857. The predicted octanol–water partition coefficient (Wildman–Crippen LogP) is 1.36. The summed E-state index contributed by atoms with van der Waals surface area (Å²) in [6.07, 6.45) is 0.0656. The van der Waals surface area contributed by atoms with Crippen molar-refractivity contribution in [2.24, 2.45) is 10.4 Å². The van der Waals surface area contributed by atoms with Gasteiger partial charge >= 0.3 is 0 Å². The summed E-state index contributed by atoms with van der Waals surface area (Å²) in [6, 6.07) is 0. The van der Waals surface area contributed by atoms with Crippen molar-refractivity contribution in [3.63, 3.8) is 0 Å². The van der Waals surface area contributed by atoms with Crippen molar-refractivity contribution in [1.82, 2.24) is 16.0 Å². The van der Waals surface area contributed by atoms with Crippen LogP contribution in [0.15, 0.2) is 4.99 Å². The number of methoxy groups -OCH3 is 1. The number of hydrogen-bond donors (Lipinski definition) is 3. The molecule has 0 aliphatic rings. The molecule has 1 amide bonds. The van der Waals surface area contributed by atoms with Crippen molar-refractivity contribution in [3.8, 4) is 0 Å². The maximum absolute atomic E-state index is 11.4. The lowest BCUT2D eigenvalue weighted by Crippen LogP contribution is -2.45. The summed E-state index contributed by atoms with van der Waals surface area (Å²) in [5.74, 6) is 0.550. The molecule has 0 aromatic rings. The number of nitrogens with zero attached hydrogens (tertiary/aromatic N) is 1. The molecule has 0 rings (SSSR count). The van der Waals surface area contributed by atoms with Crippen LogP contribution in [-0.4, -0.2) is 51.3 Å². The molecule has 0 heterocycles. The van der Waals surface area contributed by atoms with Gasteiger partial charge in [0.15, 0.2) is 5.96 Å². The molecule has 0 saturated heterocycles. The van der Waals surface area contributed by atoms with Crippen molar-refractivity contribution in [3.05, 3.63) is 0 Å². The number of carbonyl (C=O) groups is 1. The predicted molar refractivity (Wildman–Crippen MR) is 98.3 cm³/mol. The molecule has 7 heteroatoms. The van der Waals surface area contributed by atoms with Crippen molar-refractivity contribution in [1.29, 1.82) is 0 Å². The zero-order valence-corrected chi connectivity index (χ0v) is 16.4. The van der Waals surface area contributed by atoms with Crippen molar-refractivity contribution >= 4 is 35.8 Å². The van der Waals surface area contributed by atoms with Gasteiger partial charge in [-0.1, -0.05) is 20.8 Å². The molecule has 3 N–H and O–H groups in total. The van der Waals surface area contributed by atoms with Gasteiger partial charge in [-0.15, -0.1) is 24.0 Å². The summed E-state index contributed by atoms with van der Waals surface area (Å²) in [4.78, 5) is 15.7. The number of carbonyl (C=O) groups excluding carboxylic acids is 1. The number of amides is 1. The Bertz CT molecular complexity index is 317. The average molecular weight is 414 g/mol. The third-order valence-corrected chi connectivity index (χ3v) is 2.80. The van der Waals surface area contributed by atoms with E-state index in [4.69, 9.17) is 4.74 Å². The highest BCUT2D eigenvalue weighted by Crippen LogP contribution is 2.20. The van der Waals surface area contributed by atoms with E-state index >= 15 is 0 Å². The standard InChI is InChI=1S/C14H30N4O2.HI/c1-7-15-12(19)10-18-13(16-8-2)17-9-11(20-6)14(3,4)5;/h11H,7-10H2,1-6H3,(H,15,19)(H2,16,17,18);1H. The second-order valence-corrected chi connectivity index (χ2v) is 5.62. The largest absolute Gasteiger partial charge is 0.379 e. The number of guanidine groups is 1. The van der Waals surface area contributed by atoms with Gasteiger partial charge in [-0.05, 0) is 19.3 Å². The Hall–Kier alpha value is -0.570. The van der Waals surface area contributed by atoms with Gasteiger partial charge < -0.3 is 20.7 Å². The zero-order chi connectivity index (χ0) is 15.6. The zero-order valence-electron chi connectivity index (χ0n) is 14.1. The Morgan fingerprint density at radius 2 is 1.71 bits per heavy atom. The first-order chi connectivity index (χ1) is 9.35. The Balaban J connectivity index is 0. The summed E-state index contributed by atoms with van der Waals surface area (Å²) >= 11 is 0. The van der Waals surface area contributed by atoms with E-state index in [1.54, 1.807) is 7.11 Å². The Kier molecular flexibility index (Phi) is 13.0. The third-order valence-electron chi connectivity index (χ3n) is 2.80. The summed E-state index contributed by atoms with van der Waals surface area (Å²) in [5.41, 5.74) is 0.0403. The van der Waals surface area contributed by atoms with E-state index in [1.165, 1.54) is 0 Å². The minimum atomic E-state index is -0.0798. The lowest BCUT2D eigenvalue weighted by atomic mass is 9.89. The topological polar surface area (TPSA) is 74.8 Å². The van der Waals surface area contributed by atoms with Gasteiger partial charge in [-0.2, -0.15) is 0 Å². The minimum absolute atomic E-state index is 0. The number of rotatable bonds is 7. The van der Waals surface area contributed by atoms with E-state index in [0.29, 0.717) is 19.0 Å². The molecule has 6 nitrogen and oxygen atoms in total. The SMILES string of the molecule is CCNC(=O)CN=C(NCC)NCC(OC)C(C)(C)C.I. The second kappa shape index (κ2) is 12.0. The van der Waals surface area contributed by atoms with Crippen LogP contribution in [0.25, 0.3) is 0 Å². The molecule has 1 atom stereocenters. The van der Waals surface area contributed by atoms with Crippen LogP contribution in [0, 0.1) is 5.41 Å². The van der Waals surface area contributed by atoms with Crippen LogP contribution in [-0.2, 0) is 9.53 Å². The van der Waals surface area contributed by atoms with E-state index in [-0.39, 0.29) is 47.9 Å². The first-order valence-electron chi connectivity index (χ1n) is 7.16. The minimum Gasteiger partial charge on any atom is -0.379 e. The smallest absolute Gasteiger partial charge is 0.241 e. The van der Waals surface area contributed by atoms with Crippen LogP contribution in [0.4, 0.5) is 0 Å². The maximum atomic E-state index is 11.4. The molecule has 0 aliphatic carbocycles. The summed E-state index contributed by atoms with van der Waals surface area (Å²) < 4.78 is 5.48. The van der Waals surface area contributed by atoms with E-state index in [2.05, 4.69) is 41.7 Å². The van der Waals surface area contributed by atoms with E-state index in [9.17, 15) is 4.79 Å². The van der Waals surface area contributed by atoms with Gasteiger partial charge in [-0.3, -0.25) is 4.79 Å². The van der Waals surface area contributed by atoms with Gasteiger partial charge in [0.2, 0.25) is 5.91 Å². The Morgan fingerprint density at radius 3 is 2.14 bits per heavy atom. The van der Waals surface area contributed by atoms with Crippen molar-refractivity contribution in [2.75, 3.05) is 33.3 Å². The van der Waals surface area contributed by atoms with Crippen LogP contribution in [0.3, 0.4) is 0 Å². The molecular weight excluding hydrogens is 383 g/mol. The van der Waals surface area contributed by atoms with Gasteiger partial charge in [-0.25, -0.2) is 4.99 Å². The number of likely N-dealkylation sites (N-methyl/N-ethyl adjacent to an activating group) is 1. The third kappa shape index (κ3) is 10.8. The van der Waals surface area contributed by atoms with Crippen molar-refractivity contribution in [2.45, 2.75) is 40.7 Å². The summed E-state index contributed by atoms with van der Waals surface area (Å²) in [5, 5.41) is 9.04. The molecule has 21 heavy (non-hydrogen) atoms. The van der Waals surface area contributed by atoms with Gasteiger partial charge in [0.1, 0.15) is 6.54 Å². The van der Waals surface area contributed by atoms with Gasteiger partial charge in [0.25, 0.3) is 0 Å². The van der Waals surface area contributed by atoms with Crippen LogP contribution in [0.2, 0.25) is 0 Å². The molecule has 0 saturated carbocycles. The van der Waals surface area contributed by atoms with E-state index in [1.807, 2.05) is 13.8 Å². The molecule has 0 aliphatic heterocycles. The quantitative estimate of drug-likeness (QED) is 0.334. The molecule has 0 spiro atoms. The van der Waals surface area contributed by atoms with E-state index < -0.39 is 0 Å². The highest BCUT2D eigenvalue weighted by atomic mass is 127. The highest BCUT2D eigenvalue weighted by molar-refractivity contribution is 14.0. The molecule has 0 radical (unpaired) electrons. The molecule has 0 bridgehead atoms. The van der Waals surface area contributed by atoms with Crippen LogP contribution >= 0.6 is 24.0 Å². The molecule has 1 unspecified atom stereocenters. The lowest BCUT2D eigenvalue weighted by molar-refractivity contribution is -0.119. The number of halogens is 1. The summed E-state index contributed by atoms with van der Waals surface area (Å²) in [6.45, 7) is 12.4. The number of aliphatic imine (C=N–C) groups is 1. The maximum Gasteiger partial charge on any atom is 0.241 e. The van der Waals surface area contributed by atoms with Gasteiger partial charge in [0, 0.05) is 26.7 Å². The lowest BCUT2D eigenvalue weighted by Gasteiger charge is -2.30. The first kappa shape index (κ1) is 22.7. The molecule has 0 aromatic carbocycles. The van der Waals surface area contributed by atoms with Crippen LogP contribution < -0.4 is 16.0 Å². The van der Waals surface area contributed by atoms with E-state index in [0.717, 1.165) is 6.54 Å². The second-order valence-electron chi connectivity index (χ2n) is 5.62. The molecule has 0 aromatic heterocycles. The normalized spacial score (nSPS) is 13.1. The molecule has 0 fully saturated rings. The average Bonchev–Trinajstić information content (AvgIpc) is 2.35. The number of hydrogen-bond acceptors (Lipinski definition) is 3.